The fourth-order valence-electron chi connectivity index (χ4n) is 2.17. The third kappa shape index (κ3) is 2.70. The van der Waals surface area contributed by atoms with Crippen LogP contribution in [0, 0.1) is 5.92 Å². The lowest BCUT2D eigenvalue weighted by atomic mass is 10.1. The number of carbonyl (C=O) groups excluding carboxylic acids is 1. The van der Waals surface area contributed by atoms with Gasteiger partial charge in [0.2, 0.25) is 6.10 Å². The lowest BCUT2D eigenvalue weighted by Gasteiger charge is -2.22. The van der Waals surface area contributed by atoms with E-state index in [0.717, 1.165) is 17.7 Å². The molecule has 1 aliphatic rings. The van der Waals surface area contributed by atoms with Gasteiger partial charge in [0.05, 0.1) is 5.69 Å². The second kappa shape index (κ2) is 5.30. The molecule has 0 unspecified atom stereocenters. The van der Waals surface area contributed by atoms with Crippen LogP contribution >= 0.6 is 0 Å². The van der Waals surface area contributed by atoms with E-state index in [9.17, 15) is 9.59 Å². The van der Waals surface area contributed by atoms with E-state index >= 15 is 0 Å². The molecule has 2 rings (SSSR count). The standard InChI is InChI=1S/C14H17NO4/c1-9(2)12(13(16)17)19-14(18)15-8-7-10-5-3-4-6-11(10)15/h3-6,9,12H,7-8H2,1-2H3,(H,16,17)/t12-/m0/s1. The molecule has 19 heavy (non-hydrogen) atoms. The van der Waals surface area contributed by atoms with E-state index in [-0.39, 0.29) is 5.92 Å². The highest BCUT2D eigenvalue weighted by Crippen LogP contribution is 2.28. The van der Waals surface area contributed by atoms with Crippen LogP contribution in [0.1, 0.15) is 19.4 Å². The van der Waals surface area contributed by atoms with Gasteiger partial charge in [-0.25, -0.2) is 9.59 Å². The monoisotopic (exact) mass is 263 g/mol. The summed E-state index contributed by atoms with van der Waals surface area (Å²) >= 11 is 0. The Bertz CT molecular complexity index is 498. The Balaban J connectivity index is 2.12. The van der Waals surface area contributed by atoms with Crippen LogP contribution < -0.4 is 4.90 Å². The summed E-state index contributed by atoms with van der Waals surface area (Å²) in [5, 5.41) is 9.03. The van der Waals surface area contributed by atoms with Gasteiger partial charge in [0, 0.05) is 12.5 Å². The minimum Gasteiger partial charge on any atom is -0.478 e. The largest absolute Gasteiger partial charge is 0.478 e. The molecule has 0 aliphatic carbocycles. The molecular formula is C14H17NO4. The molecule has 0 bridgehead atoms. The van der Waals surface area contributed by atoms with Gasteiger partial charge >= 0.3 is 12.1 Å². The van der Waals surface area contributed by atoms with Crippen molar-refractivity contribution in [2.24, 2.45) is 5.92 Å². The van der Waals surface area contributed by atoms with Crippen molar-refractivity contribution in [3.05, 3.63) is 29.8 Å². The molecule has 0 aromatic heterocycles. The molecule has 1 aromatic rings. The highest BCUT2D eigenvalue weighted by atomic mass is 16.6. The van der Waals surface area contributed by atoms with Gasteiger partial charge in [-0.3, -0.25) is 4.90 Å². The number of ether oxygens (including phenoxy) is 1. The van der Waals surface area contributed by atoms with Gasteiger partial charge in [0.1, 0.15) is 0 Å². The maximum atomic E-state index is 12.1. The van der Waals surface area contributed by atoms with E-state index in [4.69, 9.17) is 9.84 Å². The highest BCUT2D eigenvalue weighted by Gasteiger charge is 2.31. The van der Waals surface area contributed by atoms with Crippen LogP contribution in [0.2, 0.25) is 0 Å². The van der Waals surface area contributed by atoms with Gasteiger partial charge in [0.15, 0.2) is 0 Å². The minimum atomic E-state index is -1.11. The molecule has 5 nitrogen and oxygen atoms in total. The second-order valence-electron chi connectivity index (χ2n) is 4.92. The van der Waals surface area contributed by atoms with Crippen LogP contribution in [0.4, 0.5) is 10.5 Å². The number of carboxylic acid groups (broad SMARTS) is 1. The van der Waals surface area contributed by atoms with Gasteiger partial charge in [-0.1, -0.05) is 32.0 Å². The molecule has 0 fully saturated rings. The Labute approximate surface area is 111 Å². The van der Waals surface area contributed by atoms with Crippen molar-refractivity contribution in [1.29, 1.82) is 0 Å². The summed E-state index contributed by atoms with van der Waals surface area (Å²) in [7, 11) is 0. The zero-order chi connectivity index (χ0) is 14.0. The normalized spacial score (nSPS) is 15.2. The molecule has 1 amide bonds. The average molecular weight is 263 g/mol. The Morgan fingerprint density at radius 3 is 2.63 bits per heavy atom. The van der Waals surface area contributed by atoms with Gasteiger partial charge in [-0.15, -0.1) is 0 Å². The van der Waals surface area contributed by atoms with Crippen molar-refractivity contribution >= 4 is 17.7 Å². The minimum absolute atomic E-state index is 0.265. The first-order chi connectivity index (χ1) is 9.00. The summed E-state index contributed by atoms with van der Waals surface area (Å²) < 4.78 is 5.10. The molecular weight excluding hydrogens is 246 g/mol. The van der Waals surface area contributed by atoms with Crippen LogP contribution in [0.5, 0.6) is 0 Å². The van der Waals surface area contributed by atoms with Crippen molar-refractivity contribution in [2.75, 3.05) is 11.4 Å². The molecule has 1 aromatic carbocycles. The zero-order valence-corrected chi connectivity index (χ0v) is 11.0. The van der Waals surface area contributed by atoms with Crippen LogP contribution in [-0.2, 0) is 16.0 Å². The number of nitrogens with zero attached hydrogens (tertiary/aromatic N) is 1. The van der Waals surface area contributed by atoms with Crippen molar-refractivity contribution in [1.82, 2.24) is 0 Å². The lowest BCUT2D eigenvalue weighted by molar-refractivity contribution is -0.148. The quantitative estimate of drug-likeness (QED) is 0.908. The highest BCUT2D eigenvalue weighted by molar-refractivity contribution is 5.91. The maximum Gasteiger partial charge on any atom is 0.415 e. The van der Waals surface area contributed by atoms with Crippen molar-refractivity contribution in [3.8, 4) is 0 Å². The second-order valence-corrected chi connectivity index (χ2v) is 4.92. The molecule has 0 radical (unpaired) electrons. The Morgan fingerprint density at radius 2 is 2.00 bits per heavy atom. The average Bonchev–Trinajstić information content (AvgIpc) is 2.78. The number of aliphatic carboxylic acids is 1. The first-order valence-corrected chi connectivity index (χ1v) is 6.29. The number of carbonyl (C=O) groups is 2. The summed E-state index contributed by atoms with van der Waals surface area (Å²) in [4.78, 5) is 24.6. The topological polar surface area (TPSA) is 66.8 Å². The SMILES string of the molecule is CC(C)[C@H](OC(=O)N1CCc2ccccc21)C(=O)O. The third-order valence-electron chi connectivity index (χ3n) is 3.18. The number of amides is 1. The first kappa shape index (κ1) is 13.4. The number of fused-ring (bicyclic) bond motifs is 1. The summed E-state index contributed by atoms with van der Waals surface area (Å²) in [6.07, 6.45) is -0.934. The predicted octanol–water partition coefficient (Wildman–Crippen LogP) is 2.29. The van der Waals surface area contributed by atoms with E-state index < -0.39 is 18.2 Å². The van der Waals surface area contributed by atoms with Gasteiger partial charge < -0.3 is 9.84 Å². The number of hydrogen-bond donors (Lipinski definition) is 1. The number of rotatable bonds is 3. The number of para-hydroxylation sites is 1. The Morgan fingerprint density at radius 1 is 1.32 bits per heavy atom. The molecule has 0 saturated carbocycles. The van der Waals surface area contributed by atoms with E-state index in [0.29, 0.717) is 6.54 Å². The lowest BCUT2D eigenvalue weighted by Crippen LogP contribution is -2.38. The number of anilines is 1. The summed E-state index contributed by atoms with van der Waals surface area (Å²) in [5.74, 6) is -1.38. The number of hydrogen-bond acceptors (Lipinski definition) is 3. The van der Waals surface area contributed by atoms with Crippen molar-refractivity contribution < 1.29 is 19.4 Å². The van der Waals surface area contributed by atoms with Crippen LogP contribution in [0.15, 0.2) is 24.3 Å². The van der Waals surface area contributed by atoms with E-state index in [1.807, 2.05) is 24.3 Å². The fourth-order valence-corrected chi connectivity index (χ4v) is 2.17. The molecule has 1 aliphatic heterocycles. The molecule has 0 spiro atoms. The Hall–Kier alpha value is -2.04. The number of benzene rings is 1. The van der Waals surface area contributed by atoms with Gasteiger partial charge in [-0.2, -0.15) is 0 Å². The Kier molecular flexibility index (Phi) is 3.74. The van der Waals surface area contributed by atoms with Crippen molar-refractivity contribution in [2.45, 2.75) is 26.4 Å². The van der Waals surface area contributed by atoms with Crippen LogP contribution in [-0.4, -0.2) is 29.8 Å². The van der Waals surface area contributed by atoms with Crippen LogP contribution in [0.3, 0.4) is 0 Å². The van der Waals surface area contributed by atoms with Crippen molar-refractivity contribution in [3.63, 3.8) is 0 Å². The molecule has 1 atom stereocenters. The third-order valence-corrected chi connectivity index (χ3v) is 3.18. The molecule has 5 heteroatoms. The van der Waals surface area contributed by atoms with E-state index in [1.165, 1.54) is 4.90 Å². The fraction of sp³-hybridized carbons (Fsp3) is 0.429. The summed E-state index contributed by atoms with van der Waals surface area (Å²) in [6, 6.07) is 7.57. The molecule has 1 heterocycles. The predicted molar refractivity (Wildman–Crippen MR) is 70.2 cm³/mol. The summed E-state index contributed by atoms with van der Waals surface area (Å²) in [5.41, 5.74) is 1.89. The smallest absolute Gasteiger partial charge is 0.415 e. The first-order valence-electron chi connectivity index (χ1n) is 6.29. The van der Waals surface area contributed by atoms with Gasteiger partial charge in [-0.05, 0) is 18.1 Å². The molecule has 1 N–H and O–H groups in total. The van der Waals surface area contributed by atoms with E-state index in [2.05, 4.69) is 0 Å². The number of carboxylic acids is 1. The van der Waals surface area contributed by atoms with Crippen LogP contribution in [0.25, 0.3) is 0 Å². The molecule has 102 valence electrons. The summed E-state index contributed by atoms with van der Waals surface area (Å²) in [6.45, 7) is 3.95. The zero-order valence-electron chi connectivity index (χ0n) is 11.0. The molecule has 0 saturated heterocycles. The maximum absolute atomic E-state index is 12.1. The van der Waals surface area contributed by atoms with E-state index in [1.54, 1.807) is 13.8 Å². The van der Waals surface area contributed by atoms with Gasteiger partial charge in [0.25, 0.3) is 0 Å².